The van der Waals surface area contributed by atoms with Crippen LogP contribution < -0.4 is 11.1 Å². The SMILES string of the molecule is CC(C)c1ccc(C(C)NC(=O)c2csc(CN)n2)cc1.Cl. The van der Waals surface area contributed by atoms with E-state index in [9.17, 15) is 4.79 Å². The molecule has 1 aromatic carbocycles. The number of thiazole rings is 1. The van der Waals surface area contributed by atoms with E-state index in [4.69, 9.17) is 5.73 Å². The minimum absolute atomic E-state index is 0. The Morgan fingerprint density at radius 3 is 2.32 bits per heavy atom. The van der Waals surface area contributed by atoms with E-state index in [2.05, 4.69) is 48.4 Å². The van der Waals surface area contributed by atoms with E-state index in [0.717, 1.165) is 10.6 Å². The minimum atomic E-state index is -0.161. The van der Waals surface area contributed by atoms with Crippen LogP contribution in [0.5, 0.6) is 0 Å². The third-order valence-electron chi connectivity index (χ3n) is 3.41. The Bertz CT molecular complexity index is 610. The summed E-state index contributed by atoms with van der Waals surface area (Å²) in [6.07, 6.45) is 0. The van der Waals surface area contributed by atoms with E-state index in [1.54, 1.807) is 5.38 Å². The molecule has 0 fully saturated rings. The summed E-state index contributed by atoms with van der Waals surface area (Å²) in [5, 5.41) is 5.48. The highest BCUT2D eigenvalue weighted by atomic mass is 35.5. The van der Waals surface area contributed by atoms with Gasteiger partial charge in [-0.3, -0.25) is 4.79 Å². The molecule has 2 rings (SSSR count). The number of nitrogens with zero attached hydrogens (tertiary/aromatic N) is 1. The second-order valence-corrected chi connectivity index (χ2v) is 6.29. The van der Waals surface area contributed by atoms with Crippen molar-refractivity contribution in [2.45, 2.75) is 39.3 Å². The van der Waals surface area contributed by atoms with Gasteiger partial charge in [-0.25, -0.2) is 4.98 Å². The van der Waals surface area contributed by atoms with Gasteiger partial charge in [0.1, 0.15) is 10.7 Å². The smallest absolute Gasteiger partial charge is 0.271 e. The van der Waals surface area contributed by atoms with Crippen LogP contribution in [0.3, 0.4) is 0 Å². The summed E-state index contributed by atoms with van der Waals surface area (Å²) in [5.74, 6) is 0.347. The monoisotopic (exact) mass is 339 g/mol. The van der Waals surface area contributed by atoms with Gasteiger partial charge in [0, 0.05) is 11.9 Å². The van der Waals surface area contributed by atoms with Crippen molar-refractivity contribution < 1.29 is 4.79 Å². The lowest BCUT2D eigenvalue weighted by Gasteiger charge is -2.14. The molecule has 0 aliphatic heterocycles. The number of hydrogen-bond donors (Lipinski definition) is 2. The van der Waals surface area contributed by atoms with Crippen LogP contribution in [0.1, 0.15) is 59.4 Å². The number of halogens is 1. The second kappa shape index (κ2) is 8.27. The van der Waals surface area contributed by atoms with Gasteiger partial charge in [-0.2, -0.15) is 0 Å². The third-order valence-corrected chi connectivity index (χ3v) is 4.28. The van der Waals surface area contributed by atoms with Gasteiger partial charge in [-0.05, 0) is 24.0 Å². The summed E-state index contributed by atoms with van der Waals surface area (Å²) in [6.45, 7) is 6.66. The highest BCUT2D eigenvalue weighted by Gasteiger charge is 2.14. The topological polar surface area (TPSA) is 68.0 Å². The molecule has 1 atom stereocenters. The first-order valence-corrected chi connectivity index (χ1v) is 7.94. The summed E-state index contributed by atoms with van der Waals surface area (Å²) in [4.78, 5) is 16.3. The summed E-state index contributed by atoms with van der Waals surface area (Å²) < 4.78 is 0. The quantitative estimate of drug-likeness (QED) is 0.873. The van der Waals surface area contributed by atoms with Gasteiger partial charge in [-0.1, -0.05) is 38.1 Å². The highest BCUT2D eigenvalue weighted by molar-refractivity contribution is 7.09. The van der Waals surface area contributed by atoms with E-state index in [1.807, 2.05) is 6.92 Å². The molecule has 1 unspecified atom stereocenters. The fourth-order valence-electron chi connectivity index (χ4n) is 2.03. The molecule has 6 heteroatoms. The van der Waals surface area contributed by atoms with Crippen molar-refractivity contribution in [2.24, 2.45) is 5.73 Å². The normalized spacial score (nSPS) is 11.9. The molecule has 4 nitrogen and oxygen atoms in total. The van der Waals surface area contributed by atoms with Crippen LogP contribution in [0.15, 0.2) is 29.6 Å². The number of benzene rings is 1. The Kier molecular flexibility index (Phi) is 7.00. The molecule has 0 saturated carbocycles. The van der Waals surface area contributed by atoms with E-state index in [1.165, 1.54) is 16.9 Å². The number of amides is 1. The van der Waals surface area contributed by atoms with E-state index in [-0.39, 0.29) is 24.4 Å². The molecule has 2 aromatic rings. The predicted octanol–water partition coefficient (Wildman–Crippen LogP) is 3.64. The molecule has 0 saturated heterocycles. The molecule has 0 bridgehead atoms. The number of nitrogens with one attached hydrogen (secondary N) is 1. The van der Waals surface area contributed by atoms with Gasteiger partial charge in [0.25, 0.3) is 5.91 Å². The molecule has 3 N–H and O–H groups in total. The van der Waals surface area contributed by atoms with E-state index >= 15 is 0 Å². The van der Waals surface area contributed by atoms with Crippen molar-refractivity contribution in [1.82, 2.24) is 10.3 Å². The Labute approximate surface area is 141 Å². The molecule has 120 valence electrons. The van der Waals surface area contributed by atoms with Gasteiger partial charge < -0.3 is 11.1 Å². The number of carbonyl (C=O) groups excluding carboxylic acids is 1. The maximum Gasteiger partial charge on any atom is 0.271 e. The Morgan fingerprint density at radius 1 is 1.23 bits per heavy atom. The number of carbonyl (C=O) groups is 1. The second-order valence-electron chi connectivity index (χ2n) is 5.35. The van der Waals surface area contributed by atoms with Crippen molar-refractivity contribution >= 4 is 29.7 Å². The Hall–Kier alpha value is -1.43. The van der Waals surface area contributed by atoms with Crippen molar-refractivity contribution in [3.05, 3.63) is 51.5 Å². The van der Waals surface area contributed by atoms with Crippen molar-refractivity contribution in [3.8, 4) is 0 Å². The fourth-order valence-corrected chi connectivity index (χ4v) is 2.69. The summed E-state index contributed by atoms with van der Waals surface area (Å²) in [7, 11) is 0. The fraction of sp³-hybridized carbons (Fsp3) is 0.375. The van der Waals surface area contributed by atoms with Crippen molar-refractivity contribution in [1.29, 1.82) is 0 Å². The summed E-state index contributed by atoms with van der Waals surface area (Å²) >= 11 is 1.41. The minimum Gasteiger partial charge on any atom is -0.344 e. The summed E-state index contributed by atoms with van der Waals surface area (Å²) in [6, 6.07) is 8.29. The lowest BCUT2D eigenvalue weighted by molar-refractivity contribution is 0.0935. The standard InChI is InChI=1S/C16H21N3OS.ClH/c1-10(2)12-4-6-13(7-5-12)11(3)18-16(20)14-9-21-15(8-17)19-14;/h4-7,9-11H,8,17H2,1-3H3,(H,18,20);1H. The van der Waals surface area contributed by atoms with Gasteiger partial charge >= 0.3 is 0 Å². The highest BCUT2D eigenvalue weighted by Crippen LogP contribution is 2.19. The molecule has 0 aliphatic rings. The Balaban J connectivity index is 0.00000242. The van der Waals surface area contributed by atoms with E-state index in [0.29, 0.717) is 18.2 Å². The van der Waals surface area contributed by atoms with Gasteiger partial charge in [-0.15, -0.1) is 23.7 Å². The zero-order chi connectivity index (χ0) is 15.4. The maximum atomic E-state index is 12.1. The first kappa shape index (κ1) is 18.6. The van der Waals surface area contributed by atoms with Crippen LogP contribution in [-0.4, -0.2) is 10.9 Å². The van der Waals surface area contributed by atoms with Crippen LogP contribution in [-0.2, 0) is 6.54 Å². The zero-order valence-corrected chi connectivity index (χ0v) is 14.6. The lowest BCUT2D eigenvalue weighted by atomic mass is 9.99. The average Bonchev–Trinajstić information content (AvgIpc) is 2.96. The predicted molar refractivity (Wildman–Crippen MR) is 93.7 cm³/mol. The number of hydrogen-bond acceptors (Lipinski definition) is 4. The van der Waals surface area contributed by atoms with Crippen LogP contribution in [0, 0.1) is 0 Å². The molecule has 1 amide bonds. The van der Waals surface area contributed by atoms with Crippen LogP contribution in [0.4, 0.5) is 0 Å². The molecule has 1 aromatic heterocycles. The van der Waals surface area contributed by atoms with Gasteiger partial charge in [0.2, 0.25) is 0 Å². The van der Waals surface area contributed by atoms with E-state index < -0.39 is 0 Å². The first-order chi connectivity index (χ1) is 10.0. The van der Waals surface area contributed by atoms with Crippen LogP contribution in [0.2, 0.25) is 0 Å². The maximum absolute atomic E-state index is 12.1. The summed E-state index contributed by atoms with van der Waals surface area (Å²) in [5.41, 5.74) is 8.33. The van der Waals surface area contributed by atoms with Gasteiger partial charge in [0.05, 0.1) is 6.04 Å². The number of nitrogens with two attached hydrogens (primary N) is 1. The Morgan fingerprint density at radius 2 is 1.82 bits per heavy atom. The average molecular weight is 340 g/mol. The zero-order valence-electron chi connectivity index (χ0n) is 13.0. The number of aromatic nitrogens is 1. The van der Waals surface area contributed by atoms with Crippen molar-refractivity contribution in [3.63, 3.8) is 0 Å². The lowest BCUT2D eigenvalue weighted by Crippen LogP contribution is -2.27. The van der Waals surface area contributed by atoms with Crippen LogP contribution in [0.25, 0.3) is 0 Å². The molecule has 0 aliphatic carbocycles. The van der Waals surface area contributed by atoms with Crippen LogP contribution >= 0.6 is 23.7 Å². The molecule has 0 spiro atoms. The molecular weight excluding hydrogens is 318 g/mol. The largest absolute Gasteiger partial charge is 0.344 e. The molecule has 1 heterocycles. The first-order valence-electron chi connectivity index (χ1n) is 7.06. The number of rotatable bonds is 5. The van der Waals surface area contributed by atoms with Gasteiger partial charge in [0.15, 0.2) is 0 Å². The molecular formula is C16H22ClN3OS. The molecule has 22 heavy (non-hydrogen) atoms. The third kappa shape index (κ3) is 4.53. The van der Waals surface area contributed by atoms with Crippen molar-refractivity contribution in [2.75, 3.05) is 0 Å². The molecule has 0 radical (unpaired) electrons.